The number of rotatable bonds is 14. The Labute approximate surface area is 164 Å². The fourth-order valence-corrected chi connectivity index (χ4v) is 3.06. The molecule has 2 aromatic heterocycles. The molecule has 0 aromatic carbocycles. The van der Waals surface area contributed by atoms with Crippen LogP contribution in [0, 0.1) is 0 Å². The molecule has 0 aliphatic rings. The molecule has 0 aliphatic heterocycles. The van der Waals surface area contributed by atoms with Gasteiger partial charge in [0.15, 0.2) is 11.6 Å². The summed E-state index contributed by atoms with van der Waals surface area (Å²) in [4.78, 5) is 13.3. The molecule has 0 unspecified atom stereocenters. The first-order valence-electron chi connectivity index (χ1n) is 10.7. The highest BCUT2D eigenvalue weighted by atomic mass is 16.5. The molecule has 2 rings (SSSR count). The van der Waals surface area contributed by atoms with Crippen molar-refractivity contribution < 1.29 is 4.74 Å². The minimum atomic E-state index is 0.652. The van der Waals surface area contributed by atoms with E-state index in [1.807, 2.05) is 12.3 Å². The molecule has 0 N–H and O–H groups in total. The van der Waals surface area contributed by atoms with E-state index in [2.05, 4.69) is 34.9 Å². The number of nitrogens with zero attached hydrogens (tertiary/aromatic N) is 3. The molecule has 0 saturated carbocycles. The fraction of sp³-hybridized carbons (Fsp3) is 0.609. The van der Waals surface area contributed by atoms with Gasteiger partial charge in [0, 0.05) is 6.20 Å². The second-order valence-corrected chi connectivity index (χ2v) is 7.22. The van der Waals surface area contributed by atoms with Gasteiger partial charge in [0.05, 0.1) is 19.0 Å². The zero-order chi connectivity index (χ0) is 19.2. The van der Waals surface area contributed by atoms with Crippen LogP contribution < -0.4 is 4.74 Å². The third-order valence-corrected chi connectivity index (χ3v) is 4.77. The summed E-state index contributed by atoms with van der Waals surface area (Å²) in [6.45, 7) is 5.21. The first-order valence-corrected chi connectivity index (χ1v) is 10.7. The molecule has 0 saturated heterocycles. The van der Waals surface area contributed by atoms with E-state index in [0.717, 1.165) is 30.9 Å². The van der Waals surface area contributed by atoms with Gasteiger partial charge in [-0.3, -0.25) is 4.98 Å². The highest BCUT2D eigenvalue weighted by molar-refractivity contribution is 5.49. The molecule has 0 bridgehead atoms. The molecule has 2 heterocycles. The minimum Gasteiger partial charge on any atom is -0.490 e. The highest BCUT2D eigenvalue weighted by Crippen LogP contribution is 2.16. The van der Waals surface area contributed by atoms with E-state index in [1.165, 1.54) is 63.4 Å². The van der Waals surface area contributed by atoms with Gasteiger partial charge in [-0.15, -0.1) is 0 Å². The molecule has 0 aliphatic carbocycles. The average Bonchev–Trinajstić information content (AvgIpc) is 2.71. The second kappa shape index (κ2) is 13.2. The van der Waals surface area contributed by atoms with Gasteiger partial charge in [0.1, 0.15) is 5.69 Å². The summed E-state index contributed by atoms with van der Waals surface area (Å²) in [7, 11) is 0. The zero-order valence-electron chi connectivity index (χ0n) is 17.1. The van der Waals surface area contributed by atoms with Crippen LogP contribution in [0.3, 0.4) is 0 Å². The second-order valence-electron chi connectivity index (χ2n) is 7.22. The molecule has 0 fully saturated rings. The van der Waals surface area contributed by atoms with Crippen LogP contribution in [0.15, 0.2) is 30.7 Å². The summed E-state index contributed by atoms with van der Waals surface area (Å²) in [5.74, 6) is 1.39. The number of aryl methyl sites for hydroxylation is 1. The van der Waals surface area contributed by atoms with Crippen molar-refractivity contribution in [3.05, 3.63) is 36.3 Å². The van der Waals surface area contributed by atoms with Gasteiger partial charge >= 0.3 is 0 Å². The highest BCUT2D eigenvalue weighted by Gasteiger charge is 2.04. The van der Waals surface area contributed by atoms with Gasteiger partial charge in [-0.05, 0) is 30.9 Å². The first kappa shape index (κ1) is 21.3. The molecule has 148 valence electrons. The van der Waals surface area contributed by atoms with E-state index in [4.69, 9.17) is 4.74 Å². The summed E-state index contributed by atoms with van der Waals surface area (Å²) < 4.78 is 5.74. The molecule has 0 amide bonds. The summed E-state index contributed by atoms with van der Waals surface area (Å²) >= 11 is 0. The lowest BCUT2D eigenvalue weighted by Gasteiger charge is -2.06. The van der Waals surface area contributed by atoms with Crippen LogP contribution in [0.25, 0.3) is 11.5 Å². The van der Waals surface area contributed by atoms with Crippen LogP contribution in [0.2, 0.25) is 0 Å². The molecule has 2 aromatic rings. The Morgan fingerprint density at radius 1 is 0.704 bits per heavy atom. The Balaban J connectivity index is 1.72. The van der Waals surface area contributed by atoms with E-state index in [9.17, 15) is 0 Å². The number of aromatic nitrogens is 3. The maximum absolute atomic E-state index is 5.74. The van der Waals surface area contributed by atoms with Crippen molar-refractivity contribution in [1.29, 1.82) is 0 Å². The van der Waals surface area contributed by atoms with Gasteiger partial charge in [-0.25, -0.2) is 9.97 Å². The molecule has 0 atom stereocenters. The number of hydrogen-bond donors (Lipinski definition) is 0. The largest absolute Gasteiger partial charge is 0.490 e. The lowest BCUT2D eigenvalue weighted by atomic mass is 10.1. The zero-order valence-corrected chi connectivity index (χ0v) is 17.1. The Bertz CT molecular complexity index is 611. The quantitative estimate of drug-likeness (QED) is 0.361. The number of hydrogen-bond acceptors (Lipinski definition) is 4. The van der Waals surface area contributed by atoms with Crippen molar-refractivity contribution >= 4 is 0 Å². The normalized spacial score (nSPS) is 10.9. The maximum atomic E-state index is 5.74. The molecule has 27 heavy (non-hydrogen) atoms. The van der Waals surface area contributed by atoms with Gasteiger partial charge in [-0.1, -0.05) is 71.3 Å². The lowest BCUT2D eigenvalue weighted by molar-refractivity contribution is 0.302. The Morgan fingerprint density at radius 2 is 1.37 bits per heavy atom. The van der Waals surface area contributed by atoms with Gasteiger partial charge in [0.25, 0.3) is 0 Å². The standard InChI is InChI=1S/C23H35N3O/c1-3-5-7-9-10-12-16-27-21-18-25-23(26-19-21)22-15-14-20(17-24-22)13-11-8-6-4-2/h14-15,17-19H,3-13,16H2,1-2H3. The van der Waals surface area contributed by atoms with Crippen molar-refractivity contribution in [2.45, 2.75) is 84.5 Å². The predicted octanol–water partition coefficient (Wildman–Crippen LogP) is 6.40. The van der Waals surface area contributed by atoms with Crippen LogP contribution in [-0.4, -0.2) is 21.6 Å². The average molecular weight is 370 g/mol. The Hall–Kier alpha value is -1.97. The molecular formula is C23H35N3O. The Morgan fingerprint density at radius 3 is 2.04 bits per heavy atom. The topological polar surface area (TPSA) is 47.9 Å². The molecule has 0 spiro atoms. The van der Waals surface area contributed by atoms with Gasteiger partial charge < -0.3 is 4.74 Å². The van der Waals surface area contributed by atoms with Gasteiger partial charge in [-0.2, -0.15) is 0 Å². The van der Waals surface area contributed by atoms with E-state index >= 15 is 0 Å². The molecule has 0 radical (unpaired) electrons. The van der Waals surface area contributed by atoms with Gasteiger partial charge in [0.2, 0.25) is 0 Å². The van der Waals surface area contributed by atoms with E-state index in [-0.39, 0.29) is 0 Å². The van der Waals surface area contributed by atoms with Crippen LogP contribution in [0.1, 0.15) is 83.6 Å². The van der Waals surface area contributed by atoms with Crippen LogP contribution in [0.5, 0.6) is 5.75 Å². The molecule has 4 nitrogen and oxygen atoms in total. The number of ether oxygens (including phenoxy) is 1. The smallest absolute Gasteiger partial charge is 0.178 e. The van der Waals surface area contributed by atoms with E-state index < -0.39 is 0 Å². The summed E-state index contributed by atoms with van der Waals surface area (Å²) in [6, 6.07) is 4.15. The summed E-state index contributed by atoms with van der Waals surface area (Å²) in [5.41, 5.74) is 2.10. The van der Waals surface area contributed by atoms with Crippen LogP contribution >= 0.6 is 0 Å². The summed E-state index contributed by atoms with van der Waals surface area (Å²) in [6.07, 6.45) is 19.2. The monoisotopic (exact) mass is 369 g/mol. The van der Waals surface area contributed by atoms with Crippen LogP contribution in [-0.2, 0) is 6.42 Å². The number of pyridine rings is 1. The summed E-state index contributed by atoms with van der Waals surface area (Å²) in [5, 5.41) is 0. The molecule has 4 heteroatoms. The predicted molar refractivity (Wildman–Crippen MR) is 112 cm³/mol. The van der Waals surface area contributed by atoms with Crippen molar-refractivity contribution in [1.82, 2.24) is 15.0 Å². The third-order valence-electron chi connectivity index (χ3n) is 4.77. The van der Waals surface area contributed by atoms with Crippen molar-refractivity contribution in [3.8, 4) is 17.3 Å². The first-order chi connectivity index (χ1) is 13.3. The number of unbranched alkanes of at least 4 members (excludes halogenated alkanes) is 8. The van der Waals surface area contributed by atoms with Crippen molar-refractivity contribution in [2.75, 3.05) is 6.61 Å². The Kier molecular flexibility index (Phi) is 10.5. The minimum absolute atomic E-state index is 0.652. The third kappa shape index (κ3) is 8.51. The van der Waals surface area contributed by atoms with Crippen LogP contribution in [0.4, 0.5) is 0 Å². The van der Waals surface area contributed by atoms with Crippen molar-refractivity contribution in [2.24, 2.45) is 0 Å². The van der Waals surface area contributed by atoms with E-state index in [1.54, 1.807) is 12.4 Å². The maximum Gasteiger partial charge on any atom is 0.178 e. The fourth-order valence-electron chi connectivity index (χ4n) is 3.06. The van der Waals surface area contributed by atoms with Crippen molar-refractivity contribution in [3.63, 3.8) is 0 Å². The lowest BCUT2D eigenvalue weighted by Crippen LogP contribution is -1.99. The SMILES string of the molecule is CCCCCCCCOc1cnc(-c2ccc(CCCCCC)cn2)nc1. The molecular weight excluding hydrogens is 334 g/mol. The van der Waals surface area contributed by atoms with E-state index in [0.29, 0.717) is 5.82 Å².